The monoisotopic (exact) mass is 401 g/mol. The Morgan fingerprint density at radius 2 is 2.24 bits per heavy atom. The van der Waals surface area contributed by atoms with Crippen molar-refractivity contribution >= 4 is 28.5 Å². The van der Waals surface area contributed by atoms with Gasteiger partial charge in [0.1, 0.15) is 18.3 Å². The second-order valence-electron chi connectivity index (χ2n) is 7.82. The number of carbonyl (C=O) groups is 1. The number of pyridine rings is 2. The maximum Gasteiger partial charge on any atom is 0.341 e. The van der Waals surface area contributed by atoms with Crippen LogP contribution in [0, 0.1) is 5.82 Å². The quantitative estimate of drug-likeness (QED) is 0.739. The third kappa shape index (κ3) is 2.70. The molecule has 9 nitrogen and oxygen atoms in total. The lowest BCUT2D eigenvalue weighted by molar-refractivity contribution is 0.0695. The fourth-order valence-electron chi connectivity index (χ4n) is 4.23. The van der Waals surface area contributed by atoms with Gasteiger partial charge in [0.05, 0.1) is 23.2 Å². The van der Waals surface area contributed by atoms with E-state index in [1.54, 1.807) is 9.47 Å². The molecule has 10 heteroatoms. The van der Waals surface area contributed by atoms with Crippen LogP contribution in [0.4, 0.5) is 10.2 Å². The number of aromatic nitrogens is 2. The molecule has 0 radical (unpaired) electrons. The van der Waals surface area contributed by atoms with E-state index in [1.165, 1.54) is 13.3 Å². The molecular formula is C19H20FN5O4. The van der Waals surface area contributed by atoms with Gasteiger partial charge in [-0.3, -0.25) is 4.79 Å². The van der Waals surface area contributed by atoms with Crippen LogP contribution in [0.3, 0.4) is 0 Å². The van der Waals surface area contributed by atoms with Gasteiger partial charge in [-0.05, 0) is 31.9 Å². The van der Waals surface area contributed by atoms with Gasteiger partial charge < -0.3 is 24.7 Å². The number of hydrogen-bond donors (Lipinski definition) is 2. The molecule has 2 aromatic heterocycles. The highest BCUT2D eigenvalue weighted by Crippen LogP contribution is 2.38. The van der Waals surface area contributed by atoms with E-state index in [0.717, 1.165) is 37.6 Å². The predicted octanol–water partition coefficient (Wildman–Crippen LogP) is 1.12. The Balaban J connectivity index is 1.65. The normalized spacial score (nSPS) is 25.0. The van der Waals surface area contributed by atoms with E-state index in [0.29, 0.717) is 18.7 Å². The number of rotatable bonds is 4. The summed E-state index contributed by atoms with van der Waals surface area (Å²) in [6.45, 7) is 1.70. The average molecular weight is 401 g/mol. The summed E-state index contributed by atoms with van der Waals surface area (Å²) in [5.41, 5.74) is -0.336. The van der Waals surface area contributed by atoms with Crippen molar-refractivity contribution in [2.75, 3.05) is 31.6 Å². The molecular weight excluding hydrogens is 381 g/mol. The van der Waals surface area contributed by atoms with Crippen LogP contribution in [0.15, 0.2) is 22.2 Å². The first-order valence-corrected chi connectivity index (χ1v) is 9.53. The smallest absolute Gasteiger partial charge is 0.341 e. The van der Waals surface area contributed by atoms with Gasteiger partial charge in [0.2, 0.25) is 5.43 Å². The number of fused-ring (bicyclic) bond motifs is 1. The van der Waals surface area contributed by atoms with Gasteiger partial charge in [-0.2, -0.15) is 0 Å². The van der Waals surface area contributed by atoms with Crippen LogP contribution in [0.25, 0.3) is 11.0 Å². The minimum atomic E-state index is -1.33. The second-order valence-corrected chi connectivity index (χ2v) is 7.82. The van der Waals surface area contributed by atoms with Crippen molar-refractivity contribution in [3.8, 4) is 0 Å². The Morgan fingerprint density at radius 1 is 1.48 bits per heavy atom. The van der Waals surface area contributed by atoms with Crippen molar-refractivity contribution in [2.24, 2.45) is 5.16 Å². The highest BCUT2D eigenvalue weighted by Gasteiger charge is 2.49. The molecule has 2 N–H and O–H groups in total. The molecule has 2 saturated heterocycles. The predicted molar refractivity (Wildman–Crippen MR) is 103 cm³/mol. The summed E-state index contributed by atoms with van der Waals surface area (Å²) in [4.78, 5) is 35.3. The third-order valence-electron chi connectivity index (χ3n) is 5.98. The number of nitrogens with zero attached hydrogens (tertiary/aromatic N) is 4. The minimum absolute atomic E-state index is 0.0143. The van der Waals surface area contributed by atoms with E-state index in [9.17, 15) is 14.7 Å². The number of anilines is 1. The summed E-state index contributed by atoms with van der Waals surface area (Å²) in [6, 6.07) is 1.18. The summed E-state index contributed by atoms with van der Waals surface area (Å²) < 4.78 is 16.7. The van der Waals surface area contributed by atoms with Crippen molar-refractivity contribution in [1.29, 1.82) is 0 Å². The van der Waals surface area contributed by atoms with Crippen molar-refractivity contribution in [3.63, 3.8) is 0 Å². The highest BCUT2D eigenvalue weighted by atomic mass is 19.1. The molecule has 4 heterocycles. The van der Waals surface area contributed by atoms with Gasteiger partial charge in [-0.1, -0.05) is 5.16 Å². The van der Waals surface area contributed by atoms with Gasteiger partial charge in [0.25, 0.3) is 0 Å². The van der Waals surface area contributed by atoms with Crippen molar-refractivity contribution in [2.45, 2.75) is 30.8 Å². The molecule has 1 atom stereocenters. The summed E-state index contributed by atoms with van der Waals surface area (Å²) in [5, 5.41) is 16.8. The zero-order chi connectivity index (χ0) is 20.3. The third-order valence-corrected chi connectivity index (χ3v) is 5.98. The Kier molecular flexibility index (Phi) is 3.89. The molecule has 5 rings (SSSR count). The summed E-state index contributed by atoms with van der Waals surface area (Å²) in [6.07, 6.45) is 3.94. The van der Waals surface area contributed by atoms with Gasteiger partial charge in [0.15, 0.2) is 11.6 Å². The van der Waals surface area contributed by atoms with E-state index in [2.05, 4.69) is 15.5 Å². The molecule has 3 fully saturated rings. The van der Waals surface area contributed by atoms with Crippen LogP contribution in [0.2, 0.25) is 0 Å². The van der Waals surface area contributed by atoms with E-state index >= 15 is 4.39 Å². The van der Waals surface area contributed by atoms with Crippen molar-refractivity contribution in [1.82, 2.24) is 14.9 Å². The standard InChI is InChI=1S/C19H20FN5O4/c1-29-23-14-8-24(9-19(14)4-5-21-19)17-13(20)6-11-15(26)12(18(27)28)7-25(10-2-3-10)16(11)22-17/h6-7,10,21H,2-5,8-9H2,1H3,(H,27,28)/b23-14-. The highest BCUT2D eigenvalue weighted by molar-refractivity contribution is 6.01. The molecule has 3 aliphatic rings. The van der Waals surface area contributed by atoms with Gasteiger partial charge in [-0.15, -0.1) is 0 Å². The van der Waals surface area contributed by atoms with Crippen LogP contribution in [-0.4, -0.2) is 58.6 Å². The molecule has 0 bridgehead atoms. The maximum absolute atomic E-state index is 15.0. The van der Waals surface area contributed by atoms with Crippen molar-refractivity contribution in [3.05, 3.63) is 33.9 Å². The summed E-state index contributed by atoms with van der Waals surface area (Å²) in [7, 11) is 1.48. The van der Waals surface area contributed by atoms with Crippen LogP contribution in [-0.2, 0) is 4.84 Å². The molecule has 2 aliphatic heterocycles. The molecule has 1 aliphatic carbocycles. The number of carboxylic acids is 1. The number of oxime groups is 1. The first-order chi connectivity index (χ1) is 13.9. The molecule has 0 amide bonds. The van der Waals surface area contributed by atoms with Crippen LogP contribution >= 0.6 is 0 Å². The summed E-state index contributed by atoms with van der Waals surface area (Å²) in [5.74, 6) is -1.86. The first kappa shape index (κ1) is 18.0. The second kappa shape index (κ2) is 6.24. The Morgan fingerprint density at radius 3 is 2.83 bits per heavy atom. The van der Waals surface area contributed by atoms with Gasteiger partial charge >= 0.3 is 5.97 Å². The van der Waals surface area contributed by atoms with E-state index in [1.807, 2.05) is 0 Å². The van der Waals surface area contributed by atoms with E-state index in [4.69, 9.17) is 4.84 Å². The molecule has 1 spiro atoms. The lowest BCUT2D eigenvalue weighted by Gasteiger charge is -2.39. The minimum Gasteiger partial charge on any atom is -0.477 e. The fraction of sp³-hybridized carbons (Fsp3) is 0.474. The first-order valence-electron chi connectivity index (χ1n) is 9.53. The van der Waals surface area contributed by atoms with Crippen LogP contribution in [0.5, 0.6) is 0 Å². The molecule has 1 saturated carbocycles. The topological polar surface area (TPSA) is 109 Å². The van der Waals surface area contributed by atoms with E-state index in [-0.39, 0.29) is 28.3 Å². The SMILES string of the molecule is CO/N=C1/CN(c2nc3c(cc2F)c(=O)c(C(=O)O)cn3C2CC2)CC12CCN2. The molecule has 0 aromatic carbocycles. The zero-order valence-electron chi connectivity index (χ0n) is 15.8. The van der Waals surface area contributed by atoms with Crippen molar-refractivity contribution < 1.29 is 19.1 Å². The van der Waals surface area contributed by atoms with E-state index < -0.39 is 17.2 Å². The Labute approximate surface area is 164 Å². The largest absolute Gasteiger partial charge is 0.477 e. The Hall–Kier alpha value is -3.01. The molecule has 29 heavy (non-hydrogen) atoms. The zero-order valence-corrected chi connectivity index (χ0v) is 15.8. The number of nitrogens with one attached hydrogen (secondary N) is 1. The number of halogens is 1. The number of hydrogen-bond acceptors (Lipinski definition) is 7. The maximum atomic E-state index is 15.0. The molecule has 1 unspecified atom stereocenters. The van der Waals surface area contributed by atoms with Crippen LogP contribution < -0.4 is 15.6 Å². The fourth-order valence-corrected chi connectivity index (χ4v) is 4.23. The number of aromatic carboxylic acids is 1. The lowest BCUT2D eigenvalue weighted by atomic mass is 9.85. The van der Waals surface area contributed by atoms with Gasteiger partial charge in [0, 0.05) is 18.8 Å². The van der Waals surface area contributed by atoms with Gasteiger partial charge in [-0.25, -0.2) is 14.2 Å². The summed E-state index contributed by atoms with van der Waals surface area (Å²) >= 11 is 0. The Bertz CT molecular complexity index is 1120. The lowest BCUT2D eigenvalue weighted by Crippen LogP contribution is -2.62. The molecule has 152 valence electrons. The molecule has 2 aromatic rings. The average Bonchev–Trinajstić information content (AvgIpc) is 3.42. The van der Waals surface area contributed by atoms with Crippen LogP contribution in [0.1, 0.15) is 35.7 Å². The number of carboxylic acid groups (broad SMARTS) is 1.